The van der Waals surface area contributed by atoms with E-state index in [2.05, 4.69) is 17.1 Å². The van der Waals surface area contributed by atoms with Gasteiger partial charge in [-0.3, -0.25) is 4.90 Å². The van der Waals surface area contributed by atoms with Crippen LogP contribution in [-0.4, -0.2) is 50.3 Å². The first-order chi connectivity index (χ1) is 9.35. The van der Waals surface area contributed by atoms with Crippen molar-refractivity contribution in [3.05, 3.63) is 0 Å². The molecule has 0 bridgehead atoms. The Labute approximate surface area is 119 Å². The maximum Gasteiger partial charge on any atom is 0.0618 e. The van der Waals surface area contributed by atoms with Crippen LogP contribution in [0.2, 0.25) is 0 Å². The molecule has 0 aromatic carbocycles. The predicted octanol–water partition coefficient (Wildman–Crippen LogP) is 2.66. The number of piperazine rings is 1. The van der Waals surface area contributed by atoms with Gasteiger partial charge in [0.2, 0.25) is 0 Å². The molecular weight excluding hydrogens is 236 g/mol. The van der Waals surface area contributed by atoms with Crippen LogP contribution in [0.5, 0.6) is 0 Å². The molecule has 2 fully saturated rings. The quantitative estimate of drug-likeness (QED) is 0.801. The average molecular weight is 268 g/mol. The Balaban J connectivity index is 1.87. The summed E-state index contributed by atoms with van der Waals surface area (Å²) >= 11 is 0. The van der Waals surface area contributed by atoms with Crippen LogP contribution in [0.3, 0.4) is 0 Å². The van der Waals surface area contributed by atoms with E-state index in [0.717, 1.165) is 25.1 Å². The molecule has 1 aliphatic heterocycles. The van der Waals surface area contributed by atoms with Crippen LogP contribution in [0.4, 0.5) is 0 Å². The largest absolute Gasteiger partial charge is 0.383 e. The molecule has 2 aliphatic rings. The van der Waals surface area contributed by atoms with E-state index < -0.39 is 0 Å². The van der Waals surface area contributed by atoms with Crippen molar-refractivity contribution in [2.45, 2.75) is 64.0 Å². The molecule has 0 aromatic heterocycles. The fraction of sp³-hybridized carbons (Fsp3) is 1.00. The van der Waals surface area contributed by atoms with Gasteiger partial charge in [-0.15, -0.1) is 0 Å². The number of hydrogen-bond donors (Lipinski definition) is 1. The van der Waals surface area contributed by atoms with Gasteiger partial charge in [0.15, 0.2) is 0 Å². The summed E-state index contributed by atoms with van der Waals surface area (Å²) in [6.07, 6.45) is 9.74. The van der Waals surface area contributed by atoms with E-state index in [1.807, 2.05) is 7.11 Å². The number of methoxy groups -OCH3 is 1. The van der Waals surface area contributed by atoms with Gasteiger partial charge >= 0.3 is 0 Å². The minimum Gasteiger partial charge on any atom is -0.383 e. The van der Waals surface area contributed by atoms with Crippen LogP contribution in [0.1, 0.15) is 51.9 Å². The van der Waals surface area contributed by atoms with Gasteiger partial charge in [0.1, 0.15) is 0 Å². The summed E-state index contributed by atoms with van der Waals surface area (Å²) in [6, 6.07) is 1.36. The molecule has 1 aliphatic carbocycles. The highest BCUT2D eigenvalue weighted by Crippen LogP contribution is 2.28. The topological polar surface area (TPSA) is 24.5 Å². The summed E-state index contributed by atoms with van der Waals surface area (Å²) in [5.41, 5.74) is 0. The number of ether oxygens (including phenoxy) is 1. The fourth-order valence-electron chi connectivity index (χ4n) is 3.88. The van der Waals surface area contributed by atoms with Crippen LogP contribution in [0.15, 0.2) is 0 Å². The highest BCUT2D eigenvalue weighted by molar-refractivity contribution is 4.88. The molecule has 19 heavy (non-hydrogen) atoms. The molecule has 112 valence electrons. The lowest BCUT2D eigenvalue weighted by molar-refractivity contribution is 0.0516. The van der Waals surface area contributed by atoms with E-state index in [1.165, 1.54) is 58.0 Å². The zero-order valence-corrected chi connectivity index (χ0v) is 12.9. The van der Waals surface area contributed by atoms with Crippen molar-refractivity contribution in [3.8, 4) is 0 Å². The molecule has 2 unspecified atom stereocenters. The van der Waals surface area contributed by atoms with Gasteiger partial charge in [0.05, 0.1) is 6.61 Å². The monoisotopic (exact) mass is 268 g/mol. The SMILES string of the molecule is CCCC(COC)N1CCNC(C2CCCCC2)C1. The van der Waals surface area contributed by atoms with Gasteiger partial charge in [-0.25, -0.2) is 0 Å². The maximum atomic E-state index is 5.43. The van der Waals surface area contributed by atoms with E-state index in [4.69, 9.17) is 4.74 Å². The van der Waals surface area contributed by atoms with E-state index in [9.17, 15) is 0 Å². The maximum absolute atomic E-state index is 5.43. The number of hydrogen-bond acceptors (Lipinski definition) is 3. The fourth-order valence-corrected chi connectivity index (χ4v) is 3.88. The second-order valence-corrected chi connectivity index (χ2v) is 6.35. The lowest BCUT2D eigenvalue weighted by Crippen LogP contribution is -2.57. The van der Waals surface area contributed by atoms with E-state index >= 15 is 0 Å². The third-order valence-electron chi connectivity index (χ3n) is 4.95. The van der Waals surface area contributed by atoms with E-state index in [-0.39, 0.29) is 0 Å². The van der Waals surface area contributed by atoms with Gasteiger partial charge in [-0.05, 0) is 25.2 Å². The third kappa shape index (κ3) is 4.44. The van der Waals surface area contributed by atoms with Crippen LogP contribution < -0.4 is 5.32 Å². The molecule has 1 N–H and O–H groups in total. The summed E-state index contributed by atoms with van der Waals surface area (Å²) in [5.74, 6) is 0.918. The molecule has 1 saturated carbocycles. The number of nitrogens with one attached hydrogen (secondary N) is 1. The van der Waals surface area contributed by atoms with Crippen LogP contribution in [-0.2, 0) is 4.74 Å². The third-order valence-corrected chi connectivity index (χ3v) is 4.95. The molecule has 1 heterocycles. The first-order valence-corrected chi connectivity index (χ1v) is 8.31. The van der Waals surface area contributed by atoms with Crippen molar-refractivity contribution in [3.63, 3.8) is 0 Å². The van der Waals surface area contributed by atoms with Crippen molar-refractivity contribution in [1.29, 1.82) is 0 Å². The van der Waals surface area contributed by atoms with Gasteiger partial charge in [-0.2, -0.15) is 0 Å². The lowest BCUT2D eigenvalue weighted by atomic mass is 9.83. The summed E-state index contributed by atoms with van der Waals surface area (Å²) in [6.45, 7) is 6.76. The molecule has 2 atom stereocenters. The highest BCUT2D eigenvalue weighted by atomic mass is 16.5. The Bertz CT molecular complexity index is 235. The zero-order valence-electron chi connectivity index (χ0n) is 12.9. The van der Waals surface area contributed by atoms with Crippen LogP contribution in [0.25, 0.3) is 0 Å². The zero-order chi connectivity index (χ0) is 13.5. The van der Waals surface area contributed by atoms with E-state index in [1.54, 1.807) is 0 Å². The van der Waals surface area contributed by atoms with E-state index in [0.29, 0.717) is 6.04 Å². The minimum atomic E-state index is 0.628. The van der Waals surface area contributed by atoms with Crippen molar-refractivity contribution in [1.82, 2.24) is 10.2 Å². The summed E-state index contributed by atoms with van der Waals surface area (Å²) in [7, 11) is 1.84. The Hall–Kier alpha value is -0.120. The highest BCUT2D eigenvalue weighted by Gasteiger charge is 2.30. The summed E-state index contributed by atoms with van der Waals surface area (Å²) in [5, 5.41) is 3.78. The molecule has 2 rings (SSSR count). The molecule has 0 amide bonds. The van der Waals surface area contributed by atoms with Crippen LogP contribution in [0, 0.1) is 5.92 Å². The standard InChI is InChI=1S/C16H32N2O/c1-3-7-15(13-19-2)18-11-10-17-16(12-18)14-8-5-4-6-9-14/h14-17H,3-13H2,1-2H3. The van der Waals surface area contributed by atoms with Gasteiger partial charge in [0, 0.05) is 38.8 Å². The number of rotatable bonds is 6. The first-order valence-electron chi connectivity index (χ1n) is 8.31. The summed E-state index contributed by atoms with van der Waals surface area (Å²) < 4.78 is 5.43. The Morgan fingerprint density at radius 2 is 2.05 bits per heavy atom. The minimum absolute atomic E-state index is 0.628. The Kier molecular flexibility index (Phi) is 6.62. The van der Waals surface area contributed by atoms with Crippen molar-refractivity contribution in [2.75, 3.05) is 33.4 Å². The molecule has 3 heteroatoms. The van der Waals surface area contributed by atoms with Crippen molar-refractivity contribution >= 4 is 0 Å². The smallest absolute Gasteiger partial charge is 0.0618 e. The molecule has 0 radical (unpaired) electrons. The number of nitrogens with zero attached hydrogens (tertiary/aromatic N) is 1. The van der Waals surface area contributed by atoms with Gasteiger partial charge in [0.25, 0.3) is 0 Å². The average Bonchev–Trinajstić information content (AvgIpc) is 2.48. The predicted molar refractivity (Wildman–Crippen MR) is 80.5 cm³/mol. The Morgan fingerprint density at radius 3 is 2.74 bits per heavy atom. The normalized spacial score (nSPS) is 28.4. The second kappa shape index (κ2) is 8.23. The molecule has 0 aromatic rings. The molecular formula is C16H32N2O. The second-order valence-electron chi connectivity index (χ2n) is 6.35. The molecule has 3 nitrogen and oxygen atoms in total. The molecule has 1 saturated heterocycles. The van der Waals surface area contributed by atoms with Gasteiger partial charge < -0.3 is 10.1 Å². The first kappa shape index (κ1) is 15.3. The lowest BCUT2D eigenvalue weighted by Gasteiger charge is -2.42. The van der Waals surface area contributed by atoms with Crippen molar-refractivity contribution < 1.29 is 4.74 Å². The van der Waals surface area contributed by atoms with Gasteiger partial charge in [-0.1, -0.05) is 32.6 Å². The van der Waals surface area contributed by atoms with Crippen molar-refractivity contribution in [2.24, 2.45) is 5.92 Å². The molecule has 0 spiro atoms. The van der Waals surface area contributed by atoms with Crippen LogP contribution >= 0.6 is 0 Å². The summed E-state index contributed by atoms with van der Waals surface area (Å²) in [4.78, 5) is 2.68. The Morgan fingerprint density at radius 1 is 1.26 bits per heavy atom.